The SMILES string of the molecule is C[C@@H](OC(=O)c1cc2ccccc2o1)c1nnc(-c2ccc(F)cc2)o1. The van der Waals surface area contributed by atoms with Crippen LogP contribution in [0.4, 0.5) is 4.39 Å². The molecule has 0 amide bonds. The Bertz CT molecular complexity index is 1040. The fourth-order valence-corrected chi connectivity index (χ4v) is 2.46. The Labute approximate surface area is 147 Å². The summed E-state index contributed by atoms with van der Waals surface area (Å²) in [4.78, 5) is 12.3. The molecule has 4 rings (SSSR count). The third-order valence-electron chi connectivity index (χ3n) is 3.79. The molecule has 0 bridgehead atoms. The standard InChI is InChI=1S/C19H13FN2O4/c1-11(17-21-22-18(26-17)12-6-8-14(20)9-7-12)24-19(23)16-10-13-4-2-3-5-15(13)25-16/h2-11H,1H3/t11-/m1/s1. The predicted octanol–water partition coefficient (Wildman–Crippen LogP) is 4.54. The molecule has 130 valence electrons. The van der Waals surface area contributed by atoms with Crippen molar-refractivity contribution in [2.45, 2.75) is 13.0 Å². The van der Waals surface area contributed by atoms with Crippen molar-refractivity contribution in [1.82, 2.24) is 10.2 Å². The first-order chi connectivity index (χ1) is 12.6. The normalized spacial score (nSPS) is 12.2. The molecule has 0 saturated carbocycles. The Morgan fingerprint density at radius 1 is 1.08 bits per heavy atom. The monoisotopic (exact) mass is 352 g/mol. The zero-order valence-electron chi connectivity index (χ0n) is 13.7. The molecule has 0 aliphatic heterocycles. The number of furan rings is 1. The van der Waals surface area contributed by atoms with Crippen LogP contribution >= 0.6 is 0 Å². The maximum absolute atomic E-state index is 13.0. The first kappa shape index (κ1) is 16.0. The van der Waals surface area contributed by atoms with Gasteiger partial charge in [0.2, 0.25) is 11.7 Å². The summed E-state index contributed by atoms with van der Waals surface area (Å²) in [6.45, 7) is 1.61. The van der Waals surface area contributed by atoms with Gasteiger partial charge in [0.05, 0.1) is 0 Å². The molecule has 0 unspecified atom stereocenters. The van der Waals surface area contributed by atoms with Crippen LogP contribution in [-0.2, 0) is 4.74 Å². The number of ether oxygens (including phenoxy) is 1. The zero-order chi connectivity index (χ0) is 18.1. The van der Waals surface area contributed by atoms with E-state index in [-0.39, 0.29) is 23.4 Å². The number of carbonyl (C=O) groups is 1. The van der Waals surface area contributed by atoms with Crippen LogP contribution in [0.5, 0.6) is 0 Å². The van der Waals surface area contributed by atoms with Gasteiger partial charge in [-0.2, -0.15) is 0 Å². The molecule has 6 nitrogen and oxygen atoms in total. The molecule has 2 heterocycles. The number of nitrogens with zero attached hydrogens (tertiary/aromatic N) is 2. The summed E-state index contributed by atoms with van der Waals surface area (Å²) < 4.78 is 29.3. The van der Waals surface area contributed by atoms with Gasteiger partial charge < -0.3 is 13.6 Å². The average Bonchev–Trinajstić information content (AvgIpc) is 3.29. The van der Waals surface area contributed by atoms with Crippen LogP contribution in [0.15, 0.2) is 63.4 Å². The van der Waals surface area contributed by atoms with E-state index >= 15 is 0 Å². The number of esters is 1. The van der Waals surface area contributed by atoms with Gasteiger partial charge in [0, 0.05) is 10.9 Å². The molecule has 4 aromatic rings. The van der Waals surface area contributed by atoms with Gasteiger partial charge in [0.25, 0.3) is 5.89 Å². The minimum absolute atomic E-state index is 0.0938. The van der Waals surface area contributed by atoms with E-state index in [1.54, 1.807) is 19.1 Å². The van der Waals surface area contributed by atoms with Crippen molar-refractivity contribution in [3.05, 3.63) is 72.1 Å². The van der Waals surface area contributed by atoms with Gasteiger partial charge >= 0.3 is 5.97 Å². The third kappa shape index (κ3) is 3.06. The molecule has 0 fully saturated rings. The topological polar surface area (TPSA) is 78.4 Å². The van der Waals surface area contributed by atoms with E-state index < -0.39 is 12.1 Å². The van der Waals surface area contributed by atoms with Crippen LogP contribution < -0.4 is 0 Å². The van der Waals surface area contributed by atoms with E-state index in [1.807, 2.05) is 18.2 Å². The molecular formula is C19H13FN2O4. The molecule has 26 heavy (non-hydrogen) atoms. The van der Waals surface area contributed by atoms with Gasteiger partial charge in [0.15, 0.2) is 6.10 Å². The molecule has 0 aliphatic carbocycles. The summed E-state index contributed by atoms with van der Waals surface area (Å²) in [5.41, 5.74) is 1.17. The van der Waals surface area contributed by atoms with Crippen molar-refractivity contribution in [2.24, 2.45) is 0 Å². The Hall–Kier alpha value is -3.48. The predicted molar refractivity (Wildman–Crippen MR) is 89.7 cm³/mol. The lowest BCUT2D eigenvalue weighted by Crippen LogP contribution is -2.08. The molecule has 2 aromatic carbocycles. The van der Waals surface area contributed by atoms with Crippen molar-refractivity contribution in [3.8, 4) is 11.5 Å². The number of fused-ring (bicyclic) bond motifs is 1. The summed E-state index contributed by atoms with van der Waals surface area (Å²) in [6, 6.07) is 14.5. The second kappa shape index (κ2) is 6.44. The first-order valence-corrected chi connectivity index (χ1v) is 7.89. The Balaban J connectivity index is 1.50. The lowest BCUT2D eigenvalue weighted by Gasteiger charge is -2.07. The van der Waals surface area contributed by atoms with Crippen LogP contribution in [0.2, 0.25) is 0 Å². The summed E-state index contributed by atoms with van der Waals surface area (Å²) in [5.74, 6) is -0.548. The van der Waals surface area contributed by atoms with Gasteiger partial charge in [0.1, 0.15) is 11.4 Å². The van der Waals surface area contributed by atoms with E-state index in [4.69, 9.17) is 13.6 Å². The number of halogens is 1. The molecule has 2 aromatic heterocycles. The second-order valence-electron chi connectivity index (χ2n) is 5.65. The number of rotatable bonds is 4. The fraction of sp³-hybridized carbons (Fsp3) is 0.105. The van der Waals surface area contributed by atoms with Crippen LogP contribution in [0, 0.1) is 5.82 Å². The van der Waals surface area contributed by atoms with Crippen LogP contribution in [-0.4, -0.2) is 16.2 Å². The summed E-state index contributed by atoms with van der Waals surface area (Å²) in [6.07, 6.45) is -0.766. The first-order valence-electron chi connectivity index (χ1n) is 7.89. The highest BCUT2D eigenvalue weighted by Gasteiger charge is 2.22. The van der Waals surface area contributed by atoms with Gasteiger partial charge in [-0.15, -0.1) is 10.2 Å². The highest BCUT2D eigenvalue weighted by Crippen LogP contribution is 2.25. The largest absolute Gasteiger partial charge is 0.449 e. The van der Waals surface area contributed by atoms with Crippen LogP contribution in [0.3, 0.4) is 0 Å². The molecule has 0 spiro atoms. The Morgan fingerprint density at radius 3 is 2.62 bits per heavy atom. The Kier molecular flexibility index (Phi) is 3.96. The smallest absolute Gasteiger partial charge is 0.375 e. The molecule has 0 aliphatic rings. The molecule has 7 heteroatoms. The lowest BCUT2D eigenvalue weighted by atomic mass is 10.2. The van der Waals surface area contributed by atoms with Crippen molar-refractivity contribution in [2.75, 3.05) is 0 Å². The van der Waals surface area contributed by atoms with Crippen molar-refractivity contribution in [1.29, 1.82) is 0 Å². The molecule has 1 atom stereocenters. The lowest BCUT2D eigenvalue weighted by molar-refractivity contribution is 0.0247. The van der Waals surface area contributed by atoms with Gasteiger partial charge in [-0.1, -0.05) is 18.2 Å². The number of aromatic nitrogens is 2. The number of hydrogen-bond donors (Lipinski definition) is 0. The van der Waals surface area contributed by atoms with Crippen molar-refractivity contribution >= 4 is 16.9 Å². The number of benzene rings is 2. The van der Waals surface area contributed by atoms with E-state index in [2.05, 4.69) is 10.2 Å². The van der Waals surface area contributed by atoms with Crippen molar-refractivity contribution < 1.29 is 22.8 Å². The maximum Gasteiger partial charge on any atom is 0.375 e. The number of carbonyl (C=O) groups excluding carboxylic acids is 1. The maximum atomic E-state index is 13.0. The molecular weight excluding hydrogens is 339 g/mol. The summed E-state index contributed by atoms with van der Waals surface area (Å²) in [5, 5.41) is 8.59. The summed E-state index contributed by atoms with van der Waals surface area (Å²) >= 11 is 0. The van der Waals surface area contributed by atoms with Crippen LogP contribution in [0.1, 0.15) is 29.5 Å². The van der Waals surface area contributed by atoms with Gasteiger partial charge in [-0.05, 0) is 43.3 Å². The van der Waals surface area contributed by atoms with E-state index in [9.17, 15) is 9.18 Å². The summed E-state index contributed by atoms with van der Waals surface area (Å²) in [7, 11) is 0. The highest BCUT2D eigenvalue weighted by atomic mass is 19.1. The minimum atomic E-state index is -0.766. The molecule has 0 N–H and O–H groups in total. The van der Waals surface area contributed by atoms with E-state index in [0.29, 0.717) is 11.1 Å². The van der Waals surface area contributed by atoms with Gasteiger partial charge in [-0.25, -0.2) is 9.18 Å². The minimum Gasteiger partial charge on any atom is -0.449 e. The van der Waals surface area contributed by atoms with E-state index in [1.165, 1.54) is 24.3 Å². The zero-order valence-corrected chi connectivity index (χ0v) is 13.7. The van der Waals surface area contributed by atoms with Gasteiger partial charge in [-0.3, -0.25) is 0 Å². The second-order valence-corrected chi connectivity index (χ2v) is 5.65. The van der Waals surface area contributed by atoms with E-state index in [0.717, 1.165) is 5.39 Å². The number of para-hydroxylation sites is 1. The van der Waals surface area contributed by atoms with Crippen molar-refractivity contribution in [3.63, 3.8) is 0 Å². The molecule has 0 saturated heterocycles. The third-order valence-corrected chi connectivity index (χ3v) is 3.79. The quantitative estimate of drug-likeness (QED) is 0.502. The van der Waals surface area contributed by atoms with Crippen LogP contribution in [0.25, 0.3) is 22.4 Å². The fourth-order valence-electron chi connectivity index (χ4n) is 2.46. The Morgan fingerprint density at radius 2 is 1.85 bits per heavy atom. The average molecular weight is 352 g/mol. The highest BCUT2D eigenvalue weighted by molar-refractivity contribution is 5.92. The molecule has 0 radical (unpaired) electrons. The number of hydrogen-bond acceptors (Lipinski definition) is 6.